The molecule has 9 heteroatoms. The van der Waals surface area contributed by atoms with E-state index in [0.717, 1.165) is 17.1 Å². The number of hydrogen-bond acceptors (Lipinski definition) is 6. The van der Waals surface area contributed by atoms with Crippen molar-refractivity contribution in [1.29, 1.82) is 0 Å². The molecule has 7 nitrogen and oxygen atoms in total. The van der Waals surface area contributed by atoms with Gasteiger partial charge in [0.2, 0.25) is 5.95 Å². The Hall–Kier alpha value is -3.39. The SMILES string of the molecule is Cc1cc(Nc2ncc(F)c(Nc3ccc4cnn(C)c4c3)n2)cc(Cl)c1O. The second-order valence-corrected chi connectivity index (χ2v) is 6.71. The lowest BCUT2D eigenvalue weighted by Crippen LogP contribution is -2.03. The summed E-state index contributed by atoms with van der Waals surface area (Å²) in [5.41, 5.74) is 2.75. The first-order valence-electron chi connectivity index (χ1n) is 8.38. The number of phenols is 1. The van der Waals surface area contributed by atoms with Gasteiger partial charge in [-0.05, 0) is 42.8 Å². The molecule has 4 aromatic rings. The van der Waals surface area contributed by atoms with Crippen molar-refractivity contribution in [2.45, 2.75) is 6.92 Å². The Balaban J connectivity index is 1.62. The molecule has 0 radical (unpaired) electrons. The van der Waals surface area contributed by atoms with Crippen LogP contribution in [0.15, 0.2) is 42.7 Å². The van der Waals surface area contributed by atoms with Crippen molar-refractivity contribution in [2.24, 2.45) is 7.05 Å². The van der Waals surface area contributed by atoms with Crippen molar-refractivity contribution in [1.82, 2.24) is 19.7 Å². The lowest BCUT2D eigenvalue weighted by atomic mass is 10.2. The predicted octanol–water partition coefficient (Wildman–Crippen LogP) is 4.66. The minimum atomic E-state index is -0.587. The molecule has 0 aliphatic carbocycles. The van der Waals surface area contributed by atoms with E-state index in [1.54, 1.807) is 29.9 Å². The summed E-state index contributed by atoms with van der Waals surface area (Å²) < 4.78 is 16.0. The molecule has 0 unspecified atom stereocenters. The van der Waals surface area contributed by atoms with E-state index in [9.17, 15) is 9.50 Å². The molecule has 2 aromatic carbocycles. The van der Waals surface area contributed by atoms with Gasteiger partial charge in [0.25, 0.3) is 0 Å². The fourth-order valence-electron chi connectivity index (χ4n) is 2.81. The topological polar surface area (TPSA) is 87.9 Å². The highest BCUT2D eigenvalue weighted by atomic mass is 35.5. The molecule has 0 fully saturated rings. The van der Waals surface area contributed by atoms with Crippen molar-refractivity contribution < 1.29 is 9.50 Å². The van der Waals surface area contributed by atoms with E-state index in [1.165, 1.54) is 0 Å². The van der Waals surface area contributed by atoms with Crippen molar-refractivity contribution >= 4 is 45.6 Å². The van der Waals surface area contributed by atoms with Crippen molar-refractivity contribution in [2.75, 3.05) is 10.6 Å². The molecule has 4 rings (SSSR count). The van der Waals surface area contributed by atoms with Crippen LogP contribution in [0.3, 0.4) is 0 Å². The fraction of sp³-hybridized carbons (Fsp3) is 0.105. The van der Waals surface area contributed by atoms with Crippen LogP contribution >= 0.6 is 11.6 Å². The first kappa shape index (κ1) is 18.0. The number of rotatable bonds is 4. The minimum absolute atomic E-state index is 0.0140. The number of aromatic hydroxyl groups is 1. The summed E-state index contributed by atoms with van der Waals surface area (Å²) in [6, 6.07) is 8.81. The van der Waals surface area contributed by atoms with Crippen LogP contribution in [0.4, 0.5) is 27.5 Å². The molecular weight excluding hydrogens is 383 g/mol. The average molecular weight is 399 g/mol. The number of anilines is 4. The zero-order chi connectivity index (χ0) is 19.8. The van der Waals surface area contributed by atoms with E-state index in [-0.39, 0.29) is 22.5 Å². The molecule has 0 saturated heterocycles. The first-order chi connectivity index (χ1) is 13.4. The Morgan fingerprint density at radius 2 is 1.93 bits per heavy atom. The van der Waals surface area contributed by atoms with E-state index in [4.69, 9.17) is 11.6 Å². The quantitative estimate of drug-likeness (QED) is 0.433. The van der Waals surface area contributed by atoms with Crippen LogP contribution in [0.2, 0.25) is 5.02 Å². The first-order valence-corrected chi connectivity index (χ1v) is 8.76. The number of fused-ring (bicyclic) bond motifs is 1. The molecule has 2 aromatic heterocycles. The number of benzene rings is 2. The molecule has 0 saturated carbocycles. The highest BCUT2D eigenvalue weighted by Gasteiger charge is 2.11. The maximum Gasteiger partial charge on any atom is 0.229 e. The van der Waals surface area contributed by atoms with Crippen LogP contribution in [-0.2, 0) is 7.05 Å². The van der Waals surface area contributed by atoms with Crippen LogP contribution in [0, 0.1) is 12.7 Å². The Morgan fingerprint density at radius 1 is 1.11 bits per heavy atom. The third-order valence-corrected chi connectivity index (χ3v) is 4.55. The van der Waals surface area contributed by atoms with E-state index < -0.39 is 5.82 Å². The molecule has 0 aliphatic rings. The van der Waals surface area contributed by atoms with Gasteiger partial charge >= 0.3 is 0 Å². The van der Waals surface area contributed by atoms with Gasteiger partial charge in [-0.15, -0.1) is 0 Å². The largest absolute Gasteiger partial charge is 0.506 e. The molecule has 0 amide bonds. The van der Waals surface area contributed by atoms with Gasteiger partial charge < -0.3 is 15.7 Å². The predicted molar refractivity (Wildman–Crippen MR) is 107 cm³/mol. The van der Waals surface area contributed by atoms with Crippen LogP contribution in [0.5, 0.6) is 5.75 Å². The number of phenolic OH excluding ortho intramolecular Hbond substituents is 1. The van der Waals surface area contributed by atoms with E-state index in [2.05, 4.69) is 25.7 Å². The van der Waals surface area contributed by atoms with Gasteiger partial charge in [0.1, 0.15) is 5.75 Å². The second-order valence-electron chi connectivity index (χ2n) is 6.31. The second kappa shape index (κ2) is 6.97. The van der Waals surface area contributed by atoms with Gasteiger partial charge in [-0.2, -0.15) is 10.1 Å². The van der Waals surface area contributed by atoms with Gasteiger partial charge in [0.15, 0.2) is 11.6 Å². The summed E-state index contributed by atoms with van der Waals surface area (Å²) in [4.78, 5) is 8.15. The molecule has 3 N–H and O–H groups in total. The Morgan fingerprint density at radius 3 is 2.71 bits per heavy atom. The number of halogens is 2. The normalized spacial score (nSPS) is 11.0. The molecular formula is C19H16ClFN6O. The summed E-state index contributed by atoms with van der Waals surface area (Å²) in [5, 5.41) is 21.1. The van der Waals surface area contributed by atoms with Gasteiger partial charge in [0.05, 0.1) is 22.9 Å². The summed E-state index contributed by atoms with van der Waals surface area (Å²) in [5.74, 6) is -0.358. The zero-order valence-corrected chi connectivity index (χ0v) is 15.8. The summed E-state index contributed by atoms with van der Waals surface area (Å²) in [7, 11) is 1.84. The van der Waals surface area contributed by atoms with Crippen LogP contribution in [-0.4, -0.2) is 24.9 Å². The lowest BCUT2D eigenvalue weighted by molar-refractivity contribution is 0.471. The summed E-state index contributed by atoms with van der Waals surface area (Å²) in [6.45, 7) is 1.72. The number of aromatic nitrogens is 4. The zero-order valence-electron chi connectivity index (χ0n) is 15.0. The van der Waals surface area contributed by atoms with Crippen molar-refractivity contribution in [3.05, 3.63) is 59.1 Å². The molecule has 142 valence electrons. The van der Waals surface area contributed by atoms with Gasteiger partial charge in [-0.25, -0.2) is 9.37 Å². The molecule has 0 atom stereocenters. The molecule has 0 aliphatic heterocycles. The molecule has 2 heterocycles. The third kappa shape index (κ3) is 3.41. The van der Waals surface area contributed by atoms with E-state index in [1.807, 2.05) is 25.2 Å². The number of nitrogens with one attached hydrogen (secondary N) is 2. The summed E-state index contributed by atoms with van der Waals surface area (Å²) >= 11 is 5.99. The maximum absolute atomic E-state index is 14.2. The number of nitrogens with zero attached hydrogens (tertiary/aromatic N) is 4. The van der Waals surface area contributed by atoms with E-state index >= 15 is 0 Å². The third-order valence-electron chi connectivity index (χ3n) is 4.27. The van der Waals surface area contributed by atoms with E-state index in [0.29, 0.717) is 16.9 Å². The molecule has 28 heavy (non-hydrogen) atoms. The fourth-order valence-corrected chi connectivity index (χ4v) is 3.08. The average Bonchev–Trinajstić information content (AvgIpc) is 3.03. The molecule has 0 bridgehead atoms. The Labute approximate surface area is 164 Å². The van der Waals surface area contributed by atoms with Crippen molar-refractivity contribution in [3.8, 4) is 5.75 Å². The smallest absolute Gasteiger partial charge is 0.229 e. The monoisotopic (exact) mass is 398 g/mol. The number of hydrogen-bond donors (Lipinski definition) is 3. The highest BCUT2D eigenvalue weighted by molar-refractivity contribution is 6.32. The summed E-state index contributed by atoms with van der Waals surface area (Å²) in [6.07, 6.45) is 2.84. The number of aryl methyl sites for hydroxylation is 2. The standard InChI is InChI=1S/C19H16ClFN6O/c1-10-5-13(6-14(20)17(10)28)25-19-22-9-15(21)18(26-19)24-12-4-3-11-8-23-27(2)16(11)7-12/h3-9,28H,1-2H3,(H2,22,24,25,26). The van der Waals surface area contributed by atoms with Gasteiger partial charge in [-0.3, -0.25) is 4.68 Å². The Kier molecular flexibility index (Phi) is 4.48. The minimum Gasteiger partial charge on any atom is -0.506 e. The van der Waals surface area contributed by atoms with Gasteiger partial charge in [0, 0.05) is 23.8 Å². The maximum atomic E-state index is 14.2. The van der Waals surface area contributed by atoms with Gasteiger partial charge in [-0.1, -0.05) is 11.6 Å². The van der Waals surface area contributed by atoms with Crippen LogP contribution in [0.1, 0.15) is 5.56 Å². The molecule has 0 spiro atoms. The lowest BCUT2D eigenvalue weighted by Gasteiger charge is -2.11. The van der Waals surface area contributed by atoms with Crippen LogP contribution < -0.4 is 10.6 Å². The Bertz CT molecular complexity index is 1170. The van der Waals surface area contributed by atoms with Crippen molar-refractivity contribution in [3.63, 3.8) is 0 Å². The highest BCUT2D eigenvalue weighted by Crippen LogP contribution is 2.31. The van der Waals surface area contributed by atoms with Crippen LogP contribution in [0.25, 0.3) is 10.9 Å².